The highest BCUT2D eigenvalue weighted by Gasteiger charge is 2.17. The summed E-state index contributed by atoms with van der Waals surface area (Å²) in [5.74, 6) is 0. The second-order valence-electron chi connectivity index (χ2n) is 5.99. The summed E-state index contributed by atoms with van der Waals surface area (Å²) >= 11 is 1.71. The van der Waals surface area contributed by atoms with E-state index in [4.69, 9.17) is 0 Å². The van der Waals surface area contributed by atoms with Crippen molar-refractivity contribution >= 4 is 23.1 Å². The fraction of sp³-hybridized carbons (Fsp3) is 0.421. The van der Waals surface area contributed by atoms with Gasteiger partial charge in [-0.25, -0.2) is 4.79 Å². The van der Waals surface area contributed by atoms with Crippen molar-refractivity contribution in [1.29, 1.82) is 0 Å². The fourth-order valence-electron chi connectivity index (χ4n) is 2.77. The van der Waals surface area contributed by atoms with Crippen molar-refractivity contribution in [3.8, 4) is 0 Å². The van der Waals surface area contributed by atoms with Crippen LogP contribution >= 0.6 is 11.3 Å². The molecular weight excluding hydrogens is 318 g/mol. The van der Waals surface area contributed by atoms with Crippen LogP contribution in [-0.4, -0.2) is 31.6 Å². The van der Waals surface area contributed by atoms with Crippen LogP contribution < -0.4 is 10.6 Å². The molecule has 0 radical (unpaired) electrons. The number of urea groups is 1. The highest BCUT2D eigenvalue weighted by molar-refractivity contribution is 7.10. The highest BCUT2D eigenvalue weighted by Crippen LogP contribution is 2.24. The van der Waals surface area contributed by atoms with Gasteiger partial charge in [0.25, 0.3) is 0 Å². The number of carbonyl (C=O) groups is 1. The minimum Gasteiger partial charge on any atom is -0.336 e. The molecule has 0 unspecified atom stereocenters. The molecule has 2 N–H and O–H groups in total. The summed E-state index contributed by atoms with van der Waals surface area (Å²) in [6.07, 6.45) is 1.80. The third-order valence-corrected chi connectivity index (χ3v) is 5.16. The lowest BCUT2D eigenvalue weighted by Gasteiger charge is -2.24. The molecule has 24 heavy (non-hydrogen) atoms. The van der Waals surface area contributed by atoms with Crippen molar-refractivity contribution in [1.82, 2.24) is 10.2 Å². The summed E-state index contributed by atoms with van der Waals surface area (Å²) in [4.78, 5) is 15.8. The van der Waals surface area contributed by atoms with Crippen molar-refractivity contribution in [3.63, 3.8) is 0 Å². The van der Waals surface area contributed by atoms with Crippen LogP contribution in [0, 0.1) is 0 Å². The van der Waals surface area contributed by atoms with Crippen LogP contribution in [0.2, 0.25) is 0 Å². The maximum Gasteiger partial charge on any atom is 0.319 e. The summed E-state index contributed by atoms with van der Waals surface area (Å²) in [6.45, 7) is 4.79. The van der Waals surface area contributed by atoms with Crippen molar-refractivity contribution in [3.05, 3.63) is 51.7 Å². The Labute approximate surface area is 148 Å². The Balaban J connectivity index is 2.03. The smallest absolute Gasteiger partial charge is 0.319 e. The summed E-state index contributed by atoms with van der Waals surface area (Å²) < 4.78 is 0. The number of hydrogen-bond donors (Lipinski definition) is 2. The summed E-state index contributed by atoms with van der Waals surface area (Å²) in [6, 6.07) is 10.4. The third kappa shape index (κ3) is 4.58. The van der Waals surface area contributed by atoms with E-state index in [2.05, 4.69) is 59.0 Å². The first-order valence-electron chi connectivity index (χ1n) is 8.42. The average Bonchev–Trinajstić information content (AvgIpc) is 3.09. The zero-order valence-corrected chi connectivity index (χ0v) is 15.7. The number of anilines is 1. The van der Waals surface area contributed by atoms with E-state index in [9.17, 15) is 4.79 Å². The van der Waals surface area contributed by atoms with Gasteiger partial charge in [0.15, 0.2) is 0 Å². The number of likely N-dealkylation sites (N-methyl/N-ethyl adjacent to an activating group) is 1. The van der Waals surface area contributed by atoms with Crippen molar-refractivity contribution in [2.24, 2.45) is 0 Å². The van der Waals surface area contributed by atoms with Crippen LogP contribution in [0.1, 0.15) is 35.9 Å². The molecule has 1 atom stereocenters. The number of hydrogen-bond acceptors (Lipinski definition) is 3. The van der Waals surface area contributed by atoms with Gasteiger partial charge in [0.1, 0.15) is 0 Å². The standard InChI is InChI=1S/C19H27N3OS/c1-5-14-9-7-10-15(6-2)18(14)21-19(23)20-13-16(22(3)4)17-11-8-12-24-17/h7-12,16H,5-6,13H2,1-4H3,(H2,20,21,23)/t16-/m1/s1. The fourth-order valence-corrected chi connectivity index (χ4v) is 3.69. The predicted octanol–water partition coefficient (Wildman–Crippen LogP) is 4.30. The normalized spacial score (nSPS) is 12.2. The van der Waals surface area contributed by atoms with E-state index in [1.165, 1.54) is 16.0 Å². The van der Waals surface area contributed by atoms with E-state index in [-0.39, 0.29) is 12.1 Å². The maximum atomic E-state index is 12.4. The predicted molar refractivity (Wildman–Crippen MR) is 103 cm³/mol. The number of benzene rings is 1. The van der Waals surface area contributed by atoms with E-state index in [1.54, 1.807) is 11.3 Å². The minimum absolute atomic E-state index is 0.144. The topological polar surface area (TPSA) is 44.4 Å². The van der Waals surface area contributed by atoms with Gasteiger partial charge < -0.3 is 15.5 Å². The zero-order valence-electron chi connectivity index (χ0n) is 14.9. The van der Waals surface area contributed by atoms with Gasteiger partial charge in [-0.2, -0.15) is 0 Å². The number of para-hydroxylation sites is 1. The molecule has 1 heterocycles. The van der Waals surface area contributed by atoms with E-state index in [0.29, 0.717) is 6.54 Å². The van der Waals surface area contributed by atoms with E-state index in [0.717, 1.165) is 18.5 Å². The largest absolute Gasteiger partial charge is 0.336 e. The van der Waals surface area contributed by atoms with Crippen molar-refractivity contribution in [2.75, 3.05) is 26.0 Å². The van der Waals surface area contributed by atoms with Crippen molar-refractivity contribution in [2.45, 2.75) is 32.7 Å². The van der Waals surface area contributed by atoms with Crippen LogP contribution in [0.4, 0.5) is 10.5 Å². The molecular formula is C19H27N3OS. The number of nitrogens with one attached hydrogen (secondary N) is 2. The SMILES string of the molecule is CCc1cccc(CC)c1NC(=O)NC[C@H](c1cccs1)N(C)C. The molecule has 2 rings (SSSR count). The maximum absolute atomic E-state index is 12.4. The first-order chi connectivity index (χ1) is 11.6. The van der Waals surface area contributed by atoms with Crippen LogP contribution in [0.25, 0.3) is 0 Å². The Morgan fingerprint density at radius 2 is 1.79 bits per heavy atom. The Hall–Kier alpha value is -1.85. The van der Waals surface area contributed by atoms with Gasteiger partial charge in [0, 0.05) is 17.1 Å². The number of amides is 2. The Bertz CT molecular complexity index is 630. The van der Waals surface area contributed by atoms with Crippen LogP contribution in [0.3, 0.4) is 0 Å². The first kappa shape index (κ1) is 18.5. The van der Waals surface area contributed by atoms with Crippen LogP contribution in [0.5, 0.6) is 0 Å². The molecule has 0 fully saturated rings. The first-order valence-corrected chi connectivity index (χ1v) is 9.30. The molecule has 0 saturated heterocycles. The van der Waals surface area contributed by atoms with Crippen LogP contribution in [0.15, 0.2) is 35.7 Å². The molecule has 0 bridgehead atoms. The van der Waals surface area contributed by atoms with E-state index >= 15 is 0 Å². The Kier molecular flexibility index (Phi) is 6.82. The quantitative estimate of drug-likeness (QED) is 0.786. The molecule has 1 aromatic heterocycles. The van der Waals surface area contributed by atoms with Gasteiger partial charge in [0.2, 0.25) is 0 Å². The number of rotatable bonds is 7. The molecule has 0 aliphatic rings. The molecule has 0 aliphatic carbocycles. The van der Waals surface area contributed by atoms with Crippen LogP contribution in [-0.2, 0) is 12.8 Å². The Morgan fingerprint density at radius 1 is 1.12 bits per heavy atom. The van der Waals surface area contributed by atoms with Gasteiger partial charge in [0.05, 0.1) is 6.04 Å². The van der Waals surface area contributed by atoms with E-state index in [1.807, 2.05) is 20.2 Å². The highest BCUT2D eigenvalue weighted by atomic mass is 32.1. The summed E-state index contributed by atoms with van der Waals surface area (Å²) in [7, 11) is 4.07. The second-order valence-corrected chi connectivity index (χ2v) is 6.97. The minimum atomic E-state index is -0.144. The molecule has 130 valence electrons. The third-order valence-electron chi connectivity index (χ3n) is 4.19. The molecule has 2 aromatic rings. The molecule has 0 saturated carbocycles. The van der Waals surface area contributed by atoms with Gasteiger partial charge in [-0.15, -0.1) is 11.3 Å². The molecule has 0 spiro atoms. The number of carbonyl (C=O) groups excluding carboxylic acids is 1. The Morgan fingerprint density at radius 3 is 2.29 bits per heavy atom. The lowest BCUT2D eigenvalue weighted by atomic mass is 10.0. The number of nitrogens with zero attached hydrogens (tertiary/aromatic N) is 1. The zero-order chi connectivity index (χ0) is 17.5. The average molecular weight is 346 g/mol. The molecule has 1 aromatic carbocycles. The van der Waals surface area contributed by atoms with Gasteiger partial charge >= 0.3 is 6.03 Å². The van der Waals surface area contributed by atoms with Gasteiger partial charge in [-0.3, -0.25) is 0 Å². The van der Waals surface area contributed by atoms with Gasteiger partial charge in [-0.1, -0.05) is 38.1 Å². The van der Waals surface area contributed by atoms with Crippen molar-refractivity contribution < 1.29 is 4.79 Å². The monoisotopic (exact) mass is 345 g/mol. The molecule has 4 nitrogen and oxygen atoms in total. The molecule has 2 amide bonds. The number of aryl methyl sites for hydroxylation is 2. The molecule has 5 heteroatoms. The lowest BCUT2D eigenvalue weighted by molar-refractivity contribution is 0.244. The number of thiophene rings is 1. The van der Waals surface area contributed by atoms with E-state index < -0.39 is 0 Å². The lowest BCUT2D eigenvalue weighted by Crippen LogP contribution is -2.36. The molecule has 0 aliphatic heterocycles. The summed E-state index contributed by atoms with van der Waals surface area (Å²) in [5.41, 5.74) is 3.30. The summed E-state index contributed by atoms with van der Waals surface area (Å²) in [5, 5.41) is 8.14. The van der Waals surface area contributed by atoms with Gasteiger partial charge in [-0.05, 0) is 49.5 Å². The second kappa shape index (κ2) is 8.85.